The van der Waals surface area contributed by atoms with Crippen molar-refractivity contribution in [3.05, 3.63) is 24.3 Å². The zero-order valence-corrected chi connectivity index (χ0v) is 31.9. The van der Waals surface area contributed by atoms with E-state index in [0.29, 0.717) is 0 Å². The molecule has 0 amide bonds. The molecule has 3 aliphatic heterocycles. The summed E-state index contributed by atoms with van der Waals surface area (Å²) in [4.78, 5) is 0. The fourth-order valence-corrected chi connectivity index (χ4v) is 3.64. The van der Waals surface area contributed by atoms with E-state index in [2.05, 4.69) is 104 Å². The number of para-hydroxylation sites is 2. The van der Waals surface area contributed by atoms with Gasteiger partial charge in [0.05, 0.1) is 11.2 Å². The highest BCUT2D eigenvalue weighted by molar-refractivity contribution is 6.51. The normalized spacial score (nSPS) is 20.2. The molecule has 2 fully saturated rings. The summed E-state index contributed by atoms with van der Waals surface area (Å²) in [6.07, 6.45) is 0. The smallest absolute Gasteiger partial charge is 0.523 e. The molecule has 256 valence electrons. The van der Waals surface area contributed by atoms with Crippen LogP contribution in [0.15, 0.2) is 24.3 Å². The zero-order valence-electron chi connectivity index (χ0n) is 31.9. The Balaban J connectivity index is 0.000000307. The van der Waals surface area contributed by atoms with E-state index in [1.165, 1.54) is 0 Å². The molecule has 2 saturated heterocycles. The van der Waals surface area contributed by atoms with Crippen molar-refractivity contribution in [3.63, 3.8) is 0 Å². The van der Waals surface area contributed by atoms with E-state index in [1.54, 1.807) is 20.8 Å². The summed E-state index contributed by atoms with van der Waals surface area (Å²) >= 11 is 0. The molecule has 12 heteroatoms. The summed E-state index contributed by atoms with van der Waals surface area (Å²) in [5.41, 5.74) is -0.225. The molecule has 0 aromatic heterocycles. The second-order valence-corrected chi connectivity index (χ2v) is 18.6. The van der Waals surface area contributed by atoms with E-state index in [4.69, 9.17) is 38.0 Å². The Kier molecular flexibility index (Phi) is 13.9. The number of benzene rings is 1. The Morgan fingerprint density at radius 2 is 0.889 bits per heavy atom. The SMILES string of the molecule is CC(C)(C)B(O)O.CC(C)(C)B1OC(C)(C)C(C)(C)O1.CC(C)(C)B1Oc2ccccc2O1.CC1(C)COB(C(C)(C)C)OC1. The van der Waals surface area contributed by atoms with Crippen molar-refractivity contribution in [3.8, 4) is 11.5 Å². The highest BCUT2D eigenvalue weighted by atomic mass is 16.7. The predicted octanol–water partition coefficient (Wildman–Crippen LogP) is 8.23. The highest BCUT2D eigenvalue weighted by Crippen LogP contribution is 2.44. The fraction of sp³-hybridized carbons (Fsp3) is 0.818. The number of fused-ring (bicyclic) bond motifs is 1. The minimum absolute atomic E-state index is 0.0129. The van der Waals surface area contributed by atoms with E-state index in [1.807, 2.05) is 24.3 Å². The predicted molar refractivity (Wildman–Crippen MR) is 190 cm³/mol. The van der Waals surface area contributed by atoms with Crippen LogP contribution in [0.4, 0.5) is 0 Å². The van der Waals surface area contributed by atoms with Crippen molar-refractivity contribution in [1.82, 2.24) is 0 Å². The van der Waals surface area contributed by atoms with Crippen molar-refractivity contribution in [2.24, 2.45) is 5.41 Å². The first-order valence-corrected chi connectivity index (χ1v) is 16.3. The molecule has 0 aliphatic carbocycles. The Morgan fingerprint density at radius 3 is 1.13 bits per heavy atom. The average molecular weight is 632 g/mol. The van der Waals surface area contributed by atoms with E-state index < -0.39 is 7.12 Å². The van der Waals surface area contributed by atoms with Crippen molar-refractivity contribution < 1.29 is 38.0 Å². The minimum atomic E-state index is -1.20. The molecule has 0 bridgehead atoms. The van der Waals surface area contributed by atoms with Gasteiger partial charge in [-0.3, -0.25) is 0 Å². The third-order valence-corrected chi connectivity index (χ3v) is 7.72. The standard InChI is InChI=1S/C10H13BO2.C10H21BO2.C9H19BO2.C4H11BO2/c1-10(2,3)11-12-8-6-4-5-7-9(8)13-11;1-8(2,3)11-12-9(4,5)10(6,7)13-11;1-8(2,3)10-11-6-9(4,5)7-12-10;1-4(2,3)5(6)7/h4-7H,1-3H3;1-7H3;6-7H2,1-5H3;6-7H,1-3H3. The van der Waals surface area contributed by atoms with Gasteiger partial charge in [-0.1, -0.05) is 109 Å². The molecule has 0 unspecified atom stereocenters. The van der Waals surface area contributed by atoms with Crippen LogP contribution in [0.25, 0.3) is 0 Å². The summed E-state index contributed by atoms with van der Waals surface area (Å²) in [6, 6.07) is 7.77. The Morgan fingerprint density at radius 1 is 0.578 bits per heavy atom. The van der Waals surface area contributed by atoms with Crippen LogP contribution in [0.5, 0.6) is 11.5 Å². The van der Waals surface area contributed by atoms with Crippen molar-refractivity contribution in [1.29, 1.82) is 0 Å². The minimum Gasteiger partial charge on any atom is -0.523 e. The number of hydrogen-bond donors (Lipinski definition) is 2. The lowest BCUT2D eigenvalue weighted by Crippen LogP contribution is -2.45. The molecule has 0 saturated carbocycles. The first-order chi connectivity index (χ1) is 19.9. The van der Waals surface area contributed by atoms with Gasteiger partial charge in [-0.15, -0.1) is 0 Å². The third kappa shape index (κ3) is 13.5. The first kappa shape index (κ1) is 41.9. The molecule has 8 nitrogen and oxygen atoms in total. The van der Waals surface area contributed by atoms with Crippen LogP contribution >= 0.6 is 0 Å². The van der Waals surface area contributed by atoms with Gasteiger partial charge < -0.3 is 38.0 Å². The lowest BCUT2D eigenvalue weighted by atomic mass is 9.60. The van der Waals surface area contributed by atoms with Gasteiger partial charge in [-0.05, 0) is 55.8 Å². The second kappa shape index (κ2) is 14.9. The largest absolute Gasteiger partial charge is 0.600 e. The monoisotopic (exact) mass is 632 g/mol. The first-order valence-electron chi connectivity index (χ1n) is 16.3. The Labute approximate surface area is 277 Å². The van der Waals surface area contributed by atoms with E-state index >= 15 is 0 Å². The van der Waals surface area contributed by atoms with Crippen LogP contribution in [-0.2, 0) is 18.6 Å². The fourth-order valence-electron chi connectivity index (χ4n) is 3.64. The lowest BCUT2D eigenvalue weighted by molar-refractivity contribution is 0.00578. The van der Waals surface area contributed by atoms with Crippen molar-refractivity contribution in [2.75, 3.05) is 13.2 Å². The van der Waals surface area contributed by atoms with Crippen LogP contribution in [0, 0.1) is 5.41 Å². The van der Waals surface area contributed by atoms with Gasteiger partial charge in [-0.2, -0.15) is 0 Å². The quantitative estimate of drug-likeness (QED) is 0.277. The number of hydrogen-bond acceptors (Lipinski definition) is 8. The van der Waals surface area contributed by atoms with Gasteiger partial charge in [0.1, 0.15) is 11.5 Å². The number of rotatable bonds is 0. The summed E-state index contributed by atoms with van der Waals surface area (Å²) in [5, 5.41) is 16.7. The Bertz CT molecular complexity index is 1000. The summed E-state index contributed by atoms with van der Waals surface area (Å²) in [7, 11) is -1.50. The molecule has 0 spiro atoms. The van der Waals surface area contributed by atoms with Crippen LogP contribution in [-0.4, -0.2) is 62.9 Å². The van der Waals surface area contributed by atoms with Gasteiger partial charge in [0.25, 0.3) is 0 Å². The van der Waals surface area contributed by atoms with Crippen LogP contribution in [0.3, 0.4) is 0 Å². The van der Waals surface area contributed by atoms with E-state index in [9.17, 15) is 0 Å². The maximum absolute atomic E-state index is 8.44. The van der Waals surface area contributed by atoms with E-state index in [-0.39, 0.29) is 59.2 Å². The average Bonchev–Trinajstić information content (AvgIpc) is 3.36. The highest BCUT2D eigenvalue weighted by Gasteiger charge is 2.55. The zero-order chi connectivity index (χ0) is 35.4. The molecule has 4 rings (SSSR count). The molecule has 0 radical (unpaired) electrons. The van der Waals surface area contributed by atoms with Crippen LogP contribution in [0.1, 0.15) is 125 Å². The molecule has 1 aromatic carbocycles. The lowest BCUT2D eigenvalue weighted by Gasteiger charge is -2.37. The molecule has 3 aliphatic rings. The summed E-state index contributed by atoms with van der Waals surface area (Å²) < 4.78 is 34.4. The molecule has 2 N–H and O–H groups in total. The summed E-state index contributed by atoms with van der Waals surface area (Å²) in [5.74, 6) is 1.70. The topological polar surface area (TPSA) is 95.8 Å². The summed E-state index contributed by atoms with van der Waals surface area (Å²) in [6.45, 7) is 38.6. The Hall–Kier alpha value is -1.16. The van der Waals surface area contributed by atoms with Gasteiger partial charge in [-0.25, -0.2) is 0 Å². The second-order valence-electron chi connectivity index (χ2n) is 18.6. The molecule has 1 aromatic rings. The molecular formula is C33H64B4O8. The van der Waals surface area contributed by atoms with Gasteiger partial charge >= 0.3 is 28.5 Å². The molecule has 0 atom stereocenters. The van der Waals surface area contributed by atoms with Crippen molar-refractivity contribution >= 4 is 28.5 Å². The van der Waals surface area contributed by atoms with Crippen LogP contribution in [0.2, 0.25) is 21.3 Å². The van der Waals surface area contributed by atoms with Gasteiger partial charge in [0, 0.05) is 23.9 Å². The third-order valence-electron chi connectivity index (χ3n) is 7.72. The molecular weight excluding hydrogens is 568 g/mol. The maximum atomic E-state index is 8.44. The van der Waals surface area contributed by atoms with Gasteiger partial charge in [0.2, 0.25) is 0 Å². The molecule has 45 heavy (non-hydrogen) atoms. The van der Waals surface area contributed by atoms with E-state index in [0.717, 1.165) is 24.7 Å². The van der Waals surface area contributed by atoms with Crippen molar-refractivity contribution in [2.45, 2.75) is 157 Å². The maximum Gasteiger partial charge on any atom is 0.600 e. The molecule has 3 heterocycles. The van der Waals surface area contributed by atoms with Gasteiger partial charge in [0.15, 0.2) is 0 Å². The van der Waals surface area contributed by atoms with Crippen LogP contribution < -0.4 is 9.31 Å².